The van der Waals surface area contributed by atoms with Crippen LogP contribution in [0.2, 0.25) is 0 Å². The molecule has 1 aromatic carbocycles. The largest absolute Gasteiger partial charge is 0.389 e. The molecule has 110 valence electrons. The van der Waals surface area contributed by atoms with E-state index in [0.717, 1.165) is 0 Å². The molecule has 0 aliphatic heterocycles. The second-order valence-corrected chi connectivity index (χ2v) is 6.64. The Kier molecular flexibility index (Phi) is 4.66. The summed E-state index contributed by atoms with van der Waals surface area (Å²) < 4.78 is 27.2. The van der Waals surface area contributed by atoms with Crippen LogP contribution in [0.4, 0.5) is 0 Å². The first kappa shape index (κ1) is 15.6. The van der Waals surface area contributed by atoms with E-state index in [1.807, 2.05) is 6.07 Å². The lowest BCUT2D eigenvalue weighted by Gasteiger charge is -2.14. The van der Waals surface area contributed by atoms with Crippen LogP contribution in [0.1, 0.15) is 24.2 Å². The molecule has 1 aromatic heterocycles. The van der Waals surface area contributed by atoms with Gasteiger partial charge in [0.05, 0.1) is 16.6 Å². The zero-order valence-corrected chi connectivity index (χ0v) is 13.0. The van der Waals surface area contributed by atoms with E-state index in [4.69, 9.17) is 18.0 Å². The number of hydrogen-bond donors (Lipinski definition) is 2. The fraction of sp³-hybridized carbons (Fsp3) is 0.143. The molecule has 1 heterocycles. The first-order valence-electron chi connectivity index (χ1n) is 6.23. The molecule has 5 nitrogen and oxygen atoms in total. The maximum absolute atomic E-state index is 12.3. The predicted molar refractivity (Wildman–Crippen MR) is 85.3 cm³/mol. The molecule has 3 N–H and O–H groups in total. The minimum Gasteiger partial charge on any atom is -0.389 e. The highest BCUT2D eigenvalue weighted by atomic mass is 32.2. The second kappa shape index (κ2) is 6.30. The lowest BCUT2D eigenvalue weighted by atomic mass is 10.2. The van der Waals surface area contributed by atoms with Gasteiger partial charge in [-0.1, -0.05) is 30.4 Å². The molecule has 0 saturated carbocycles. The number of pyridine rings is 1. The van der Waals surface area contributed by atoms with Crippen LogP contribution in [0.15, 0.2) is 53.6 Å². The lowest BCUT2D eigenvalue weighted by Crippen LogP contribution is -2.27. The van der Waals surface area contributed by atoms with Gasteiger partial charge in [0.25, 0.3) is 0 Å². The molecule has 0 amide bonds. The van der Waals surface area contributed by atoms with E-state index in [0.29, 0.717) is 11.3 Å². The molecule has 0 fully saturated rings. The Morgan fingerprint density at radius 2 is 1.90 bits per heavy atom. The third-order valence-electron chi connectivity index (χ3n) is 2.91. The second-order valence-electron chi connectivity index (χ2n) is 4.49. The number of nitrogens with two attached hydrogens (primary N) is 1. The fourth-order valence-electron chi connectivity index (χ4n) is 1.79. The summed E-state index contributed by atoms with van der Waals surface area (Å²) >= 11 is 4.84. The highest BCUT2D eigenvalue weighted by Crippen LogP contribution is 2.15. The standard InChI is InChI=1S/C14H15N3O2S2/c1-10(13-4-2-3-9-16-13)17-21(18,19)12-7-5-11(6-8-12)14(15)20/h2-10,17H,1H3,(H2,15,20). The normalized spacial score (nSPS) is 12.8. The van der Waals surface area contributed by atoms with Crippen molar-refractivity contribution in [2.24, 2.45) is 5.73 Å². The van der Waals surface area contributed by atoms with E-state index < -0.39 is 16.1 Å². The molecule has 0 radical (unpaired) electrons. The van der Waals surface area contributed by atoms with Crippen LogP contribution < -0.4 is 10.5 Å². The van der Waals surface area contributed by atoms with E-state index in [1.54, 1.807) is 37.4 Å². The van der Waals surface area contributed by atoms with Gasteiger partial charge in [0, 0.05) is 11.8 Å². The van der Waals surface area contributed by atoms with Crippen molar-refractivity contribution in [1.29, 1.82) is 0 Å². The summed E-state index contributed by atoms with van der Waals surface area (Å²) in [4.78, 5) is 4.52. The summed E-state index contributed by atoms with van der Waals surface area (Å²) in [6.45, 7) is 1.74. The summed E-state index contributed by atoms with van der Waals surface area (Å²) in [7, 11) is -3.62. The van der Waals surface area contributed by atoms with Gasteiger partial charge in [0.15, 0.2) is 0 Å². The first-order chi connectivity index (χ1) is 9.90. The van der Waals surface area contributed by atoms with Crippen molar-refractivity contribution in [3.63, 3.8) is 0 Å². The SMILES string of the molecule is CC(NS(=O)(=O)c1ccc(C(N)=S)cc1)c1ccccn1. The highest BCUT2D eigenvalue weighted by Gasteiger charge is 2.18. The quantitative estimate of drug-likeness (QED) is 0.820. The number of hydrogen-bond acceptors (Lipinski definition) is 4. The van der Waals surface area contributed by atoms with Gasteiger partial charge in [-0.15, -0.1) is 0 Å². The zero-order valence-electron chi connectivity index (χ0n) is 11.4. The van der Waals surface area contributed by atoms with Gasteiger partial charge in [0.2, 0.25) is 10.0 Å². The number of nitrogens with one attached hydrogen (secondary N) is 1. The number of rotatable bonds is 5. The molecule has 7 heteroatoms. The Hall–Kier alpha value is -1.83. The summed E-state index contributed by atoms with van der Waals surface area (Å²) in [6.07, 6.45) is 1.62. The van der Waals surface area contributed by atoms with Gasteiger partial charge in [-0.05, 0) is 31.2 Å². The molecule has 2 aromatic rings. The molecule has 21 heavy (non-hydrogen) atoms. The molecular weight excluding hydrogens is 306 g/mol. The Balaban J connectivity index is 2.20. The van der Waals surface area contributed by atoms with Gasteiger partial charge < -0.3 is 5.73 Å². The third-order valence-corrected chi connectivity index (χ3v) is 4.70. The Morgan fingerprint density at radius 3 is 2.43 bits per heavy atom. The van der Waals surface area contributed by atoms with Crippen LogP contribution in [0.5, 0.6) is 0 Å². The number of sulfonamides is 1. The lowest BCUT2D eigenvalue weighted by molar-refractivity contribution is 0.564. The molecule has 0 bridgehead atoms. The van der Waals surface area contributed by atoms with Crippen LogP contribution in [-0.2, 0) is 10.0 Å². The van der Waals surface area contributed by atoms with E-state index in [9.17, 15) is 8.42 Å². The Labute approximate surface area is 129 Å². The van der Waals surface area contributed by atoms with Crippen molar-refractivity contribution in [1.82, 2.24) is 9.71 Å². The fourth-order valence-corrected chi connectivity index (χ4v) is 3.14. The topological polar surface area (TPSA) is 85.1 Å². The van der Waals surface area contributed by atoms with Crippen LogP contribution >= 0.6 is 12.2 Å². The summed E-state index contributed by atoms with van der Waals surface area (Å²) in [5, 5.41) is 0. The van der Waals surface area contributed by atoms with E-state index in [1.165, 1.54) is 12.1 Å². The van der Waals surface area contributed by atoms with Gasteiger partial charge in [0.1, 0.15) is 4.99 Å². The summed E-state index contributed by atoms with van der Waals surface area (Å²) in [5.41, 5.74) is 6.77. The van der Waals surface area contributed by atoms with E-state index in [2.05, 4.69) is 9.71 Å². The van der Waals surface area contributed by atoms with Crippen molar-refractivity contribution in [2.75, 3.05) is 0 Å². The van der Waals surface area contributed by atoms with E-state index in [-0.39, 0.29) is 9.88 Å². The molecule has 0 aliphatic rings. The average Bonchev–Trinajstić information content (AvgIpc) is 2.48. The van der Waals surface area contributed by atoms with Crippen LogP contribution in [0.25, 0.3) is 0 Å². The van der Waals surface area contributed by atoms with Crippen LogP contribution in [0, 0.1) is 0 Å². The van der Waals surface area contributed by atoms with Crippen molar-refractivity contribution >= 4 is 27.2 Å². The monoisotopic (exact) mass is 321 g/mol. The van der Waals surface area contributed by atoms with Crippen molar-refractivity contribution in [3.05, 3.63) is 59.9 Å². The summed E-state index contributed by atoms with van der Waals surface area (Å²) in [5.74, 6) is 0. The molecule has 1 atom stereocenters. The minimum absolute atomic E-state index is 0.158. The molecular formula is C14H15N3O2S2. The highest BCUT2D eigenvalue weighted by molar-refractivity contribution is 7.89. The van der Waals surface area contributed by atoms with Crippen LogP contribution in [-0.4, -0.2) is 18.4 Å². The Morgan fingerprint density at radius 1 is 1.24 bits per heavy atom. The van der Waals surface area contributed by atoms with Crippen LogP contribution in [0.3, 0.4) is 0 Å². The predicted octanol–water partition coefficient (Wildman–Crippen LogP) is 1.76. The number of aromatic nitrogens is 1. The minimum atomic E-state index is -3.62. The zero-order chi connectivity index (χ0) is 15.5. The van der Waals surface area contributed by atoms with E-state index >= 15 is 0 Å². The third kappa shape index (κ3) is 3.84. The number of benzene rings is 1. The van der Waals surface area contributed by atoms with Crippen molar-refractivity contribution in [2.45, 2.75) is 17.9 Å². The van der Waals surface area contributed by atoms with Gasteiger partial charge in [-0.25, -0.2) is 13.1 Å². The van der Waals surface area contributed by atoms with Crippen molar-refractivity contribution < 1.29 is 8.42 Å². The number of nitrogens with zero attached hydrogens (tertiary/aromatic N) is 1. The van der Waals surface area contributed by atoms with Gasteiger partial charge in [-0.3, -0.25) is 4.98 Å². The smallest absolute Gasteiger partial charge is 0.241 e. The number of thiocarbonyl (C=S) groups is 1. The molecule has 0 spiro atoms. The van der Waals surface area contributed by atoms with Gasteiger partial charge in [-0.2, -0.15) is 0 Å². The first-order valence-corrected chi connectivity index (χ1v) is 8.12. The maximum atomic E-state index is 12.3. The van der Waals surface area contributed by atoms with Gasteiger partial charge >= 0.3 is 0 Å². The van der Waals surface area contributed by atoms with Crippen molar-refractivity contribution in [3.8, 4) is 0 Å². The maximum Gasteiger partial charge on any atom is 0.241 e. The molecule has 0 saturated heterocycles. The Bertz CT molecular complexity index is 729. The molecule has 2 rings (SSSR count). The summed E-state index contributed by atoms with van der Waals surface area (Å²) in [6, 6.07) is 11.0. The molecule has 1 unspecified atom stereocenters. The molecule has 0 aliphatic carbocycles. The average molecular weight is 321 g/mol.